The predicted octanol–water partition coefficient (Wildman–Crippen LogP) is -0.0493. The molecule has 3 atom stereocenters. The van der Waals surface area contributed by atoms with Gasteiger partial charge in [-0.2, -0.15) is 0 Å². The van der Waals surface area contributed by atoms with Crippen LogP contribution in [0.5, 0.6) is 0 Å². The van der Waals surface area contributed by atoms with Crippen molar-refractivity contribution in [3.63, 3.8) is 0 Å². The molecular weight excluding hydrogens is 230 g/mol. The van der Waals surface area contributed by atoms with Crippen molar-refractivity contribution in [2.24, 2.45) is 11.7 Å². The fraction of sp³-hybridized carbons (Fsp3) is 0.923. The van der Waals surface area contributed by atoms with Gasteiger partial charge in [-0.25, -0.2) is 0 Å². The maximum Gasteiger partial charge on any atom is 0.234 e. The molecule has 0 aliphatic carbocycles. The zero-order valence-electron chi connectivity index (χ0n) is 11.2. The van der Waals surface area contributed by atoms with Crippen molar-refractivity contribution >= 4 is 5.91 Å². The first-order valence-electron chi connectivity index (χ1n) is 6.99. The molecule has 2 rings (SSSR count). The zero-order chi connectivity index (χ0) is 13.0. The van der Waals surface area contributed by atoms with E-state index in [1.54, 1.807) is 0 Å². The van der Waals surface area contributed by atoms with E-state index in [9.17, 15) is 4.79 Å². The lowest BCUT2D eigenvalue weighted by Crippen LogP contribution is -2.50. The van der Waals surface area contributed by atoms with E-state index < -0.39 is 0 Å². The Balaban J connectivity index is 1.66. The lowest BCUT2D eigenvalue weighted by Gasteiger charge is -2.34. The van der Waals surface area contributed by atoms with Crippen LogP contribution in [0.25, 0.3) is 0 Å². The maximum absolute atomic E-state index is 11.8. The Morgan fingerprint density at radius 1 is 1.50 bits per heavy atom. The van der Waals surface area contributed by atoms with Crippen LogP contribution in [0, 0.1) is 5.92 Å². The number of nitrogens with two attached hydrogens (primary N) is 1. The SMILES string of the molecule is CC1CC(N)CN(CC(=O)NCC2CCCO2)C1. The van der Waals surface area contributed by atoms with Crippen molar-refractivity contribution < 1.29 is 9.53 Å². The first-order chi connectivity index (χ1) is 8.63. The summed E-state index contributed by atoms with van der Waals surface area (Å²) in [6.45, 7) is 5.94. The van der Waals surface area contributed by atoms with Gasteiger partial charge in [0.05, 0.1) is 12.6 Å². The smallest absolute Gasteiger partial charge is 0.234 e. The van der Waals surface area contributed by atoms with Crippen molar-refractivity contribution in [2.45, 2.75) is 38.3 Å². The summed E-state index contributed by atoms with van der Waals surface area (Å²) < 4.78 is 5.48. The average molecular weight is 255 g/mol. The van der Waals surface area contributed by atoms with E-state index in [1.165, 1.54) is 0 Å². The van der Waals surface area contributed by atoms with Gasteiger partial charge in [0.25, 0.3) is 0 Å². The second-order valence-electron chi connectivity index (χ2n) is 5.73. The molecule has 5 nitrogen and oxygen atoms in total. The zero-order valence-corrected chi connectivity index (χ0v) is 11.2. The molecule has 0 aromatic rings. The molecule has 0 aromatic heterocycles. The van der Waals surface area contributed by atoms with E-state index in [-0.39, 0.29) is 18.1 Å². The topological polar surface area (TPSA) is 67.6 Å². The van der Waals surface area contributed by atoms with Gasteiger partial charge in [-0.15, -0.1) is 0 Å². The highest BCUT2D eigenvalue weighted by Crippen LogP contribution is 2.14. The van der Waals surface area contributed by atoms with E-state index in [0.717, 1.165) is 39.0 Å². The Labute approximate surface area is 109 Å². The van der Waals surface area contributed by atoms with Crippen LogP contribution in [0.15, 0.2) is 0 Å². The third kappa shape index (κ3) is 4.23. The van der Waals surface area contributed by atoms with Gasteiger partial charge in [0, 0.05) is 32.3 Å². The van der Waals surface area contributed by atoms with Gasteiger partial charge in [-0.05, 0) is 25.2 Å². The number of nitrogens with one attached hydrogen (secondary N) is 1. The molecule has 3 N–H and O–H groups in total. The van der Waals surface area contributed by atoms with Crippen molar-refractivity contribution in [3.8, 4) is 0 Å². The highest BCUT2D eigenvalue weighted by atomic mass is 16.5. The van der Waals surface area contributed by atoms with Gasteiger partial charge < -0.3 is 15.8 Å². The number of carbonyl (C=O) groups is 1. The number of hydrogen-bond donors (Lipinski definition) is 2. The Morgan fingerprint density at radius 2 is 2.33 bits per heavy atom. The van der Waals surface area contributed by atoms with Crippen LogP contribution in [0.4, 0.5) is 0 Å². The number of carbonyl (C=O) groups excluding carboxylic acids is 1. The van der Waals surface area contributed by atoms with Crippen molar-refractivity contribution in [1.29, 1.82) is 0 Å². The normalized spacial score (nSPS) is 33.6. The summed E-state index contributed by atoms with van der Waals surface area (Å²) in [6.07, 6.45) is 3.45. The van der Waals surface area contributed by atoms with E-state index >= 15 is 0 Å². The lowest BCUT2D eigenvalue weighted by molar-refractivity contribution is -0.123. The molecule has 0 saturated carbocycles. The molecule has 0 spiro atoms. The Bertz CT molecular complexity index is 269. The Morgan fingerprint density at radius 3 is 3.00 bits per heavy atom. The van der Waals surface area contributed by atoms with Gasteiger partial charge >= 0.3 is 0 Å². The van der Waals surface area contributed by atoms with Gasteiger partial charge in [-0.3, -0.25) is 9.69 Å². The number of nitrogens with zero attached hydrogens (tertiary/aromatic N) is 1. The van der Waals surface area contributed by atoms with E-state index in [2.05, 4.69) is 17.1 Å². The number of likely N-dealkylation sites (tertiary alicyclic amines) is 1. The maximum atomic E-state index is 11.8. The standard InChI is InChI=1S/C13H25N3O2/c1-10-5-11(14)8-16(7-10)9-13(17)15-6-12-3-2-4-18-12/h10-12H,2-9,14H2,1H3,(H,15,17). The molecule has 1 amide bonds. The van der Waals surface area contributed by atoms with Gasteiger partial charge in [0.15, 0.2) is 0 Å². The van der Waals surface area contributed by atoms with Gasteiger partial charge in [0.1, 0.15) is 0 Å². The van der Waals surface area contributed by atoms with Gasteiger partial charge in [0.2, 0.25) is 5.91 Å². The minimum atomic E-state index is 0.0896. The molecule has 5 heteroatoms. The molecular formula is C13H25N3O2. The van der Waals surface area contributed by atoms with E-state index in [1.807, 2.05) is 0 Å². The molecule has 104 valence electrons. The summed E-state index contributed by atoms with van der Waals surface area (Å²) in [5.41, 5.74) is 5.97. The van der Waals surface area contributed by atoms with Crippen LogP contribution in [-0.4, -0.2) is 55.7 Å². The summed E-state index contributed by atoms with van der Waals surface area (Å²) in [5.74, 6) is 0.673. The highest BCUT2D eigenvalue weighted by molar-refractivity contribution is 5.78. The molecule has 18 heavy (non-hydrogen) atoms. The van der Waals surface area contributed by atoms with E-state index in [4.69, 9.17) is 10.5 Å². The lowest BCUT2D eigenvalue weighted by atomic mass is 9.97. The number of ether oxygens (including phenoxy) is 1. The van der Waals surface area contributed by atoms with Crippen molar-refractivity contribution in [1.82, 2.24) is 10.2 Å². The number of hydrogen-bond acceptors (Lipinski definition) is 4. The molecule has 2 saturated heterocycles. The summed E-state index contributed by atoms with van der Waals surface area (Å²) >= 11 is 0. The third-order valence-electron chi connectivity index (χ3n) is 3.69. The predicted molar refractivity (Wildman–Crippen MR) is 70.2 cm³/mol. The largest absolute Gasteiger partial charge is 0.376 e. The molecule has 0 bridgehead atoms. The fourth-order valence-corrected chi connectivity index (χ4v) is 2.93. The number of piperidine rings is 1. The van der Waals surface area contributed by atoms with Crippen molar-refractivity contribution in [3.05, 3.63) is 0 Å². The molecule has 2 fully saturated rings. The van der Waals surface area contributed by atoms with E-state index in [0.29, 0.717) is 19.0 Å². The second kappa shape index (κ2) is 6.50. The molecule has 3 unspecified atom stereocenters. The average Bonchev–Trinajstić information content (AvgIpc) is 2.77. The van der Waals surface area contributed by atoms with Crippen LogP contribution < -0.4 is 11.1 Å². The van der Waals surface area contributed by atoms with Crippen LogP contribution in [0.2, 0.25) is 0 Å². The molecule has 0 radical (unpaired) electrons. The van der Waals surface area contributed by atoms with Crippen LogP contribution in [0.3, 0.4) is 0 Å². The first kappa shape index (κ1) is 13.8. The Hall–Kier alpha value is -0.650. The summed E-state index contributed by atoms with van der Waals surface area (Å²) in [5, 5.41) is 2.96. The van der Waals surface area contributed by atoms with Gasteiger partial charge in [-0.1, -0.05) is 6.92 Å². The first-order valence-corrected chi connectivity index (χ1v) is 6.99. The fourth-order valence-electron chi connectivity index (χ4n) is 2.93. The summed E-state index contributed by atoms with van der Waals surface area (Å²) in [4.78, 5) is 14.0. The third-order valence-corrected chi connectivity index (χ3v) is 3.69. The number of amides is 1. The highest BCUT2D eigenvalue weighted by Gasteiger charge is 2.24. The molecule has 2 aliphatic rings. The molecule has 0 aromatic carbocycles. The Kier molecular flexibility index (Phi) is 4.97. The van der Waals surface area contributed by atoms with Crippen molar-refractivity contribution in [2.75, 3.05) is 32.8 Å². The number of rotatable bonds is 4. The quantitative estimate of drug-likeness (QED) is 0.739. The minimum Gasteiger partial charge on any atom is -0.376 e. The van der Waals surface area contributed by atoms with Crippen LogP contribution in [0.1, 0.15) is 26.2 Å². The summed E-state index contributed by atoms with van der Waals surface area (Å²) in [7, 11) is 0. The second-order valence-corrected chi connectivity index (χ2v) is 5.73. The summed E-state index contributed by atoms with van der Waals surface area (Å²) in [6, 6.07) is 0.208. The van der Waals surface area contributed by atoms with Crippen LogP contribution in [-0.2, 0) is 9.53 Å². The molecule has 2 aliphatic heterocycles. The molecule has 2 heterocycles. The minimum absolute atomic E-state index is 0.0896. The monoisotopic (exact) mass is 255 g/mol. The van der Waals surface area contributed by atoms with Crippen LogP contribution >= 0.6 is 0 Å².